The molecule has 0 radical (unpaired) electrons. The van der Waals surface area contributed by atoms with Gasteiger partial charge in [0.05, 0.1) is 0 Å². The predicted molar refractivity (Wildman–Crippen MR) is 59.4 cm³/mol. The van der Waals surface area contributed by atoms with Gasteiger partial charge in [0, 0.05) is 11.3 Å². The smallest absolute Gasteiger partial charge is 0.243 e. The van der Waals surface area contributed by atoms with Crippen LogP contribution in [0.3, 0.4) is 0 Å². The number of nitrogen functional groups attached to an aromatic ring is 1. The Labute approximate surface area is 87.2 Å². The molecule has 2 rings (SSSR count). The van der Waals surface area contributed by atoms with Gasteiger partial charge < -0.3 is 11.1 Å². The van der Waals surface area contributed by atoms with Crippen molar-refractivity contribution in [3.05, 3.63) is 0 Å². The van der Waals surface area contributed by atoms with Crippen molar-refractivity contribution in [2.75, 3.05) is 23.3 Å². The van der Waals surface area contributed by atoms with Crippen molar-refractivity contribution in [3.8, 4) is 0 Å². The molecule has 1 aliphatic rings. The summed E-state index contributed by atoms with van der Waals surface area (Å²) in [6.45, 7) is 3.17. The zero-order chi connectivity index (χ0) is 10.0. The van der Waals surface area contributed by atoms with Crippen LogP contribution in [0.2, 0.25) is 0 Å². The average Bonchev–Trinajstić information content (AvgIpc) is 2.73. The minimum absolute atomic E-state index is 0.329. The van der Waals surface area contributed by atoms with Gasteiger partial charge in [-0.3, -0.25) is 0 Å². The van der Waals surface area contributed by atoms with E-state index in [1.54, 1.807) is 0 Å². The fraction of sp³-hybridized carbons (Fsp3) is 0.750. The van der Waals surface area contributed by atoms with Crippen LogP contribution in [0.1, 0.15) is 19.8 Å². The Kier molecular flexibility index (Phi) is 2.54. The molecule has 5 nitrogen and oxygen atoms in total. The van der Waals surface area contributed by atoms with Crippen molar-refractivity contribution < 1.29 is 0 Å². The van der Waals surface area contributed by atoms with Gasteiger partial charge in [-0.15, -0.1) is 5.10 Å². The summed E-state index contributed by atoms with van der Waals surface area (Å²) in [5, 5.41) is 9.72. The van der Waals surface area contributed by atoms with E-state index in [0.29, 0.717) is 16.6 Å². The molecular formula is C8H15N5S. The second kappa shape index (κ2) is 3.68. The van der Waals surface area contributed by atoms with Gasteiger partial charge >= 0.3 is 0 Å². The molecular weight excluding hydrogens is 198 g/mol. The first-order chi connectivity index (χ1) is 6.68. The van der Waals surface area contributed by atoms with Crippen LogP contribution in [0.4, 0.5) is 11.9 Å². The molecule has 0 amide bonds. The van der Waals surface area contributed by atoms with E-state index >= 15 is 0 Å². The minimum atomic E-state index is 0.329. The molecule has 2 heterocycles. The fourth-order valence-electron chi connectivity index (χ4n) is 1.60. The molecule has 0 spiro atoms. The third-order valence-corrected chi connectivity index (χ3v) is 3.96. The van der Waals surface area contributed by atoms with Crippen LogP contribution in [0, 0.1) is 0 Å². The topological polar surface area (TPSA) is 79.6 Å². The van der Waals surface area contributed by atoms with E-state index in [9.17, 15) is 0 Å². The maximum Gasteiger partial charge on any atom is 0.243 e. The summed E-state index contributed by atoms with van der Waals surface area (Å²) in [6, 6.07) is 0. The van der Waals surface area contributed by atoms with E-state index < -0.39 is 0 Å². The summed E-state index contributed by atoms with van der Waals surface area (Å²) < 4.78 is 0.329. The lowest BCUT2D eigenvalue weighted by atomic mass is 10.1. The Bertz CT molecular complexity index is 304. The van der Waals surface area contributed by atoms with E-state index in [1.165, 1.54) is 18.6 Å². The van der Waals surface area contributed by atoms with Crippen LogP contribution in [0.15, 0.2) is 0 Å². The summed E-state index contributed by atoms with van der Waals surface area (Å²) in [5.74, 6) is 2.21. The highest BCUT2D eigenvalue weighted by Gasteiger charge is 2.29. The van der Waals surface area contributed by atoms with Gasteiger partial charge in [0.15, 0.2) is 0 Å². The first-order valence-corrected chi connectivity index (χ1v) is 5.72. The molecule has 14 heavy (non-hydrogen) atoms. The number of H-pyrrole nitrogens is 1. The molecule has 1 unspecified atom stereocenters. The predicted octanol–water partition coefficient (Wildman–Crippen LogP) is 1.08. The maximum absolute atomic E-state index is 5.42. The minimum Gasteiger partial charge on any atom is -0.368 e. The number of thioether (sulfide) groups is 1. The monoisotopic (exact) mass is 213 g/mol. The molecule has 1 aromatic heterocycles. The van der Waals surface area contributed by atoms with Gasteiger partial charge in [-0.05, 0) is 25.5 Å². The third-order valence-electron chi connectivity index (χ3n) is 2.42. The lowest BCUT2D eigenvalue weighted by Crippen LogP contribution is -2.27. The molecule has 1 aliphatic heterocycles. The van der Waals surface area contributed by atoms with Crippen LogP contribution in [0.5, 0.6) is 0 Å². The number of rotatable bonds is 3. The van der Waals surface area contributed by atoms with E-state index in [0.717, 1.165) is 6.54 Å². The highest BCUT2D eigenvalue weighted by atomic mass is 32.2. The number of nitrogens with zero attached hydrogens (tertiary/aromatic N) is 2. The average molecular weight is 213 g/mol. The quantitative estimate of drug-likeness (QED) is 0.700. The van der Waals surface area contributed by atoms with Gasteiger partial charge in [-0.1, -0.05) is 0 Å². The molecule has 1 saturated heterocycles. The largest absolute Gasteiger partial charge is 0.368 e. The molecule has 6 heteroatoms. The van der Waals surface area contributed by atoms with Crippen molar-refractivity contribution in [1.29, 1.82) is 0 Å². The van der Waals surface area contributed by atoms with Crippen LogP contribution >= 0.6 is 11.8 Å². The first-order valence-electron chi connectivity index (χ1n) is 4.74. The molecule has 0 aliphatic carbocycles. The molecule has 0 bridgehead atoms. The first kappa shape index (κ1) is 9.64. The van der Waals surface area contributed by atoms with Crippen LogP contribution in [0.25, 0.3) is 0 Å². The molecule has 0 saturated carbocycles. The highest BCUT2D eigenvalue weighted by Crippen LogP contribution is 2.37. The van der Waals surface area contributed by atoms with Crippen molar-refractivity contribution in [2.24, 2.45) is 0 Å². The normalized spacial score (nSPS) is 26.6. The number of hydrogen-bond donors (Lipinski definition) is 3. The lowest BCUT2D eigenvalue weighted by molar-refractivity contribution is 0.632. The Morgan fingerprint density at radius 2 is 2.57 bits per heavy atom. The van der Waals surface area contributed by atoms with Crippen LogP contribution in [-0.2, 0) is 0 Å². The Balaban J connectivity index is 1.87. The van der Waals surface area contributed by atoms with Gasteiger partial charge in [0.2, 0.25) is 11.9 Å². The molecule has 78 valence electrons. The zero-order valence-electron chi connectivity index (χ0n) is 8.21. The van der Waals surface area contributed by atoms with Crippen molar-refractivity contribution in [3.63, 3.8) is 0 Å². The summed E-state index contributed by atoms with van der Waals surface area (Å²) in [4.78, 5) is 3.99. The van der Waals surface area contributed by atoms with Gasteiger partial charge in [-0.25, -0.2) is 5.10 Å². The summed E-state index contributed by atoms with van der Waals surface area (Å²) in [6.07, 6.45) is 2.56. The fourth-order valence-corrected chi connectivity index (χ4v) is 2.84. The molecule has 4 N–H and O–H groups in total. The standard InChI is InChI=1S/C8H15N5S/c1-8(3-2-4-14-8)5-10-7-11-6(9)12-13-7/h2-5H2,1H3,(H4,9,10,11,12,13). The van der Waals surface area contributed by atoms with Gasteiger partial charge in [0.1, 0.15) is 0 Å². The number of nitrogens with one attached hydrogen (secondary N) is 2. The van der Waals surface area contributed by atoms with E-state index in [4.69, 9.17) is 5.73 Å². The lowest BCUT2D eigenvalue weighted by Gasteiger charge is -2.22. The summed E-state index contributed by atoms with van der Waals surface area (Å²) in [7, 11) is 0. The molecule has 1 aromatic rings. The Hall–Kier alpha value is -0.910. The van der Waals surface area contributed by atoms with Gasteiger partial charge in [0.25, 0.3) is 0 Å². The Morgan fingerprint density at radius 3 is 3.14 bits per heavy atom. The van der Waals surface area contributed by atoms with E-state index in [2.05, 4.69) is 27.4 Å². The molecule has 1 fully saturated rings. The highest BCUT2D eigenvalue weighted by molar-refractivity contribution is 8.00. The maximum atomic E-state index is 5.42. The van der Waals surface area contributed by atoms with E-state index in [-0.39, 0.29) is 0 Å². The number of nitrogens with two attached hydrogens (primary N) is 1. The van der Waals surface area contributed by atoms with Crippen molar-refractivity contribution in [1.82, 2.24) is 15.2 Å². The second-order valence-corrected chi connectivity index (χ2v) is 5.48. The number of aromatic nitrogens is 3. The summed E-state index contributed by atoms with van der Waals surface area (Å²) >= 11 is 2.01. The van der Waals surface area contributed by atoms with E-state index in [1.807, 2.05) is 11.8 Å². The number of anilines is 2. The third kappa shape index (κ3) is 2.12. The number of hydrogen-bond acceptors (Lipinski definition) is 5. The van der Waals surface area contributed by atoms with Crippen molar-refractivity contribution >= 4 is 23.7 Å². The van der Waals surface area contributed by atoms with Crippen LogP contribution in [-0.4, -0.2) is 32.2 Å². The SMILES string of the molecule is CC1(CNc2n[nH]c(N)n2)CCCS1. The van der Waals surface area contributed by atoms with Gasteiger partial charge in [-0.2, -0.15) is 16.7 Å². The number of aromatic amines is 1. The zero-order valence-corrected chi connectivity index (χ0v) is 9.02. The summed E-state index contributed by atoms with van der Waals surface area (Å²) in [5.41, 5.74) is 5.42. The molecule has 0 aromatic carbocycles. The molecule has 1 atom stereocenters. The van der Waals surface area contributed by atoms with Crippen molar-refractivity contribution in [2.45, 2.75) is 24.5 Å². The second-order valence-electron chi connectivity index (χ2n) is 3.80. The van der Waals surface area contributed by atoms with Crippen LogP contribution < -0.4 is 11.1 Å². The Morgan fingerprint density at radius 1 is 1.71 bits per heavy atom.